The first kappa shape index (κ1) is 13.0. The summed E-state index contributed by atoms with van der Waals surface area (Å²) in [5.41, 5.74) is 5.14. The van der Waals surface area contributed by atoms with Crippen LogP contribution in [0.1, 0.15) is 5.56 Å². The SMILES string of the molecule is CN=C1NN=C(c2ccc3cc(OC)ccc3c2)CS1. The van der Waals surface area contributed by atoms with E-state index in [1.165, 1.54) is 10.8 Å². The van der Waals surface area contributed by atoms with Crippen molar-refractivity contribution >= 4 is 33.4 Å². The number of hydrogen-bond acceptors (Lipinski definition) is 4. The van der Waals surface area contributed by atoms with Crippen LogP contribution in [0, 0.1) is 0 Å². The van der Waals surface area contributed by atoms with Crippen LogP contribution in [-0.4, -0.2) is 30.8 Å². The molecule has 0 spiro atoms. The van der Waals surface area contributed by atoms with Crippen molar-refractivity contribution in [2.75, 3.05) is 19.9 Å². The van der Waals surface area contributed by atoms with Gasteiger partial charge in [0.05, 0.1) is 12.8 Å². The number of fused-ring (bicyclic) bond motifs is 1. The van der Waals surface area contributed by atoms with Crippen molar-refractivity contribution < 1.29 is 4.74 Å². The molecule has 102 valence electrons. The Balaban J connectivity index is 1.95. The van der Waals surface area contributed by atoms with Crippen LogP contribution < -0.4 is 10.2 Å². The van der Waals surface area contributed by atoms with Crippen LogP contribution in [0.5, 0.6) is 5.75 Å². The lowest BCUT2D eigenvalue weighted by atomic mass is 10.0. The van der Waals surface area contributed by atoms with E-state index in [0.717, 1.165) is 27.9 Å². The predicted octanol–water partition coefficient (Wildman–Crippen LogP) is 2.87. The molecule has 0 saturated heterocycles. The maximum atomic E-state index is 5.24. The summed E-state index contributed by atoms with van der Waals surface area (Å²) in [6.07, 6.45) is 0. The van der Waals surface area contributed by atoms with Gasteiger partial charge in [-0.2, -0.15) is 5.10 Å². The van der Waals surface area contributed by atoms with E-state index in [1.807, 2.05) is 12.1 Å². The number of hydrazone groups is 1. The minimum absolute atomic E-state index is 0.835. The zero-order valence-corrected chi connectivity index (χ0v) is 12.2. The molecule has 0 atom stereocenters. The Hall–Kier alpha value is -2.01. The van der Waals surface area contributed by atoms with Crippen LogP contribution in [-0.2, 0) is 0 Å². The quantitative estimate of drug-likeness (QED) is 0.923. The van der Waals surface area contributed by atoms with Gasteiger partial charge in [-0.05, 0) is 34.5 Å². The molecule has 20 heavy (non-hydrogen) atoms. The first-order valence-electron chi connectivity index (χ1n) is 6.30. The highest BCUT2D eigenvalue weighted by atomic mass is 32.2. The molecule has 4 nitrogen and oxygen atoms in total. The van der Waals surface area contributed by atoms with Gasteiger partial charge in [0.2, 0.25) is 0 Å². The largest absolute Gasteiger partial charge is 0.497 e. The van der Waals surface area contributed by atoms with Gasteiger partial charge >= 0.3 is 0 Å². The van der Waals surface area contributed by atoms with Crippen molar-refractivity contribution in [1.82, 2.24) is 5.43 Å². The van der Waals surface area contributed by atoms with E-state index in [4.69, 9.17) is 4.74 Å². The second-order valence-electron chi connectivity index (χ2n) is 4.42. The first-order valence-corrected chi connectivity index (χ1v) is 7.29. The van der Waals surface area contributed by atoms with Crippen molar-refractivity contribution in [3.05, 3.63) is 42.0 Å². The second-order valence-corrected chi connectivity index (χ2v) is 5.38. The van der Waals surface area contributed by atoms with Gasteiger partial charge in [-0.3, -0.25) is 10.4 Å². The first-order chi connectivity index (χ1) is 9.80. The summed E-state index contributed by atoms with van der Waals surface area (Å²) < 4.78 is 5.24. The lowest BCUT2D eigenvalue weighted by Crippen LogP contribution is -2.25. The highest BCUT2D eigenvalue weighted by Crippen LogP contribution is 2.23. The average Bonchev–Trinajstić information content (AvgIpc) is 2.54. The minimum atomic E-state index is 0.835. The topological polar surface area (TPSA) is 46.0 Å². The van der Waals surface area contributed by atoms with Gasteiger partial charge in [0, 0.05) is 12.8 Å². The maximum absolute atomic E-state index is 5.24. The number of ether oxygens (including phenoxy) is 1. The van der Waals surface area contributed by atoms with Gasteiger partial charge in [-0.1, -0.05) is 30.0 Å². The van der Waals surface area contributed by atoms with Gasteiger partial charge in [-0.25, -0.2) is 0 Å². The molecule has 0 bridgehead atoms. The minimum Gasteiger partial charge on any atom is -0.497 e. The number of amidine groups is 1. The van der Waals surface area contributed by atoms with Crippen molar-refractivity contribution in [2.45, 2.75) is 0 Å². The highest BCUT2D eigenvalue weighted by Gasteiger charge is 2.12. The van der Waals surface area contributed by atoms with Crippen LogP contribution in [0.4, 0.5) is 0 Å². The van der Waals surface area contributed by atoms with E-state index in [9.17, 15) is 0 Å². The van der Waals surface area contributed by atoms with E-state index in [1.54, 1.807) is 25.9 Å². The normalized spacial score (nSPS) is 16.9. The third kappa shape index (κ3) is 2.49. The number of aliphatic imine (C=N–C) groups is 1. The molecule has 1 N–H and O–H groups in total. The maximum Gasteiger partial charge on any atom is 0.177 e. The van der Waals surface area contributed by atoms with E-state index < -0.39 is 0 Å². The Kier molecular flexibility index (Phi) is 3.60. The van der Waals surface area contributed by atoms with Crippen LogP contribution in [0.25, 0.3) is 10.8 Å². The summed E-state index contributed by atoms with van der Waals surface area (Å²) >= 11 is 1.67. The van der Waals surface area contributed by atoms with Crippen LogP contribution >= 0.6 is 11.8 Å². The molecular formula is C15H15N3OS. The molecule has 2 aromatic carbocycles. The third-order valence-electron chi connectivity index (χ3n) is 3.22. The molecule has 0 aliphatic carbocycles. The fourth-order valence-corrected chi connectivity index (χ4v) is 2.85. The standard InChI is InChI=1S/C15H15N3OS/c1-16-15-18-17-14(9-20-15)12-4-3-11-8-13(19-2)6-5-10(11)7-12/h3-8H,9H2,1-2H3,(H,16,18). The fraction of sp³-hybridized carbons (Fsp3) is 0.200. The van der Waals surface area contributed by atoms with Crippen LogP contribution in [0.15, 0.2) is 46.5 Å². The lowest BCUT2D eigenvalue weighted by Gasteiger charge is -2.14. The Morgan fingerprint density at radius 1 is 1.20 bits per heavy atom. The molecule has 5 heteroatoms. The molecule has 1 heterocycles. The van der Waals surface area contributed by atoms with Crippen LogP contribution in [0.2, 0.25) is 0 Å². The van der Waals surface area contributed by atoms with Crippen molar-refractivity contribution in [2.24, 2.45) is 10.1 Å². The highest BCUT2D eigenvalue weighted by molar-refractivity contribution is 8.14. The molecule has 1 aliphatic heterocycles. The Bertz CT molecular complexity index is 709. The summed E-state index contributed by atoms with van der Waals surface area (Å²) in [5.74, 6) is 1.71. The Morgan fingerprint density at radius 3 is 2.70 bits per heavy atom. The van der Waals surface area contributed by atoms with Crippen molar-refractivity contribution in [3.63, 3.8) is 0 Å². The number of nitrogens with one attached hydrogen (secondary N) is 1. The average molecular weight is 285 g/mol. The third-order valence-corrected chi connectivity index (χ3v) is 4.18. The molecule has 0 fully saturated rings. The van der Waals surface area contributed by atoms with E-state index in [0.29, 0.717) is 0 Å². The van der Waals surface area contributed by atoms with Gasteiger partial charge < -0.3 is 4.74 Å². The monoisotopic (exact) mass is 285 g/mol. The molecule has 0 amide bonds. The number of rotatable bonds is 2. The number of nitrogens with zero attached hydrogens (tertiary/aromatic N) is 2. The van der Waals surface area contributed by atoms with Gasteiger partial charge in [0.1, 0.15) is 5.75 Å². The predicted molar refractivity (Wildman–Crippen MR) is 86.0 cm³/mol. The smallest absolute Gasteiger partial charge is 0.177 e. The van der Waals surface area contributed by atoms with Gasteiger partial charge in [0.15, 0.2) is 5.17 Å². The fourth-order valence-electron chi connectivity index (χ4n) is 2.11. The lowest BCUT2D eigenvalue weighted by molar-refractivity contribution is 0.415. The Morgan fingerprint density at radius 2 is 2.00 bits per heavy atom. The van der Waals surface area contributed by atoms with E-state index in [-0.39, 0.29) is 0 Å². The summed E-state index contributed by atoms with van der Waals surface area (Å²) in [6, 6.07) is 12.4. The zero-order valence-electron chi connectivity index (χ0n) is 11.4. The van der Waals surface area contributed by atoms with Crippen molar-refractivity contribution in [3.8, 4) is 5.75 Å². The molecule has 3 rings (SSSR count). The van der Waals surface area contributed by atoms with E-state index in [2.05, 4.69) is 39.8 Å². The summed E-state index contributed by atoms with van der Waals surface area (Å²) in [6.45, 7) is 0. The molecule has 0 radical (unpaired) electrons. The Labute approximate surface area is 121 Å². The molecule has 2 aromatic rings. The van der Waals surface area contributed by atoms with Crippen LogP contribution in [0.3, 0.4) is 0 Å². The summed E-state index contributed by atoms with van der Waals surface area (Å²) in [4.78, 5) is 4.09. The summed E-state index contributed by atoms with van der Waals surface area (Å²) in [5, 5.41) is 7.60. The molecule has 0 unspecified atom stereocenters. The molecular weight excluding hydrogens is 270 g/mol. The summed E-state index contributed by atoms with van der Waals surface area (Å²) in [7, 11) is 3.45. The number of benzene rings is 2. The number of thioether (sulfide) groups is 1. The zero-order chi connectivity index (χ0) is 13.9. The van der Waals surface area contributed by atoms with Gasteiger partial charge in [0.25, 0.3) is 0 Å². The van der Waals surface area contributed by atoms with Crippen molar-refractivity contribution in [1.29, 1.82) is 0 Å². The molecule has 0 aromatic heterocycles. The second kappa shape index (κ2) is 5.54. The molecule has 0 saturated carbocycles. The van der Waals surface area contributed by atoms with E-state index >= 15 is 0 Å². The molecule has 1 aliphatic rings. The van der Waals surface area contributed by atoms with Gasteiger partial charge in [-0.15, -0.1) is 0 Å². The number of hydrogen-bond donors (Lipinski definition) is 1. The number of methoxy groups -OCH3 is 1.